The van der Waals surface area contributed by atoms with Gasteiger partial charge in [0, 0.05) is 32.6 Å². The number of aryl methyl sites for hydroxylation is 3. The number of amides is 1. The predicted molar refractivity (Wildman–Crippen MR) is 126 cm³/mol. The molecule has 7 heteroatoms. The third-order valence-corrected chi connectivity index (χ3v) is 6.51. The second-order valence-electron chi connectivity index (χ2n) is 9.12. The molecule has 0 saturated carbocycles. The molecule has 172 valence electrons. The third kappa shape index (κ3) is 4.88. The molecule has 1 amide bonds. The number of carbonyl (C=O) groups excluding carboxylic acids is 1. The summed E-state index contributed by atoms with van der Waals surface area (Å²) in [6, 6.07) is 6.34. The Morgan fingerprint density at radius 2 is 1.97 bits per heavy atom. The first-order valence-corrected chi connectivity index (χ1v) is 11.7. The van der Waals surface area contributed by atoms with Crippen molar-refractivity contribution >= 4 is 11.7 Å². The number of benzene rings is 1. The number of aromatic nitrogens is 2. The maximum Gasteiger partial charge on any atom is 0.223 e. The van der Waals surface area contributed by atoms with Gasteiger partial charge in [-0.1, -0.05) is 6.07 Å². The maximum absolute atomic E-state index is 13.3. The van der Waals surface area contributed by atoms with Crippen LogP contribution in [0.5, 0.6) is 5.75 Å². The highest BCUT2D eigenvalue weighted by atomic mass is 16.5. The van der Waals surface area contributed by atoms with Gasteiger partial charge in [-0.15, -0.1) is 0 Å². The zero-order chi connectivity index (χ0) is 22.7. The van der Waals surface area contributed by atoms with Crippen molar-refractivity contribution in [2.24, 2.45) is 0 Å². The van der Waals surface area contributed by atoms with E-state index in [-0.39, 0.29) is 11.9 Å². The third-order valence-electron chi connectivity index (χ3n) is 6.51. The molecule has 1 saturated heterocycles. The summed E-state index contributed by atoms with van der Waals surface area (Å²) in [4.78, 5) is 26.8. The second-order valence-corrected chi connectivity index (χ2v) is 9.12. The van der Waals surface area contributed by atoms with Gasteiger partial charge in [0.15, 0.2) is 5.82 Å². The molecule has 32 heavy (non-hydrogen) atoms. The predicted octanol–water partition coefficient (Wildman–Crippen LogP) is 3.37. The number of anilines is 1. The van der Waals surface area contributed by atoms with Crippen LogP contribution in [0.3, 0.4) is 0 Å². The summed E-state index contributed by atoms with van der Waals surface area (Å²) in [5.41, 5.74) is 4.91. The van der Waals surface area contributed by atoms with Gasteiger partial charge in [-0.25, -0.2) is 9.97 Å². The topological polar surface area (TPSA) is 70.6 Å². The fourth-order valence-electron chi connectivity index (χ4n) is 4.96. The van der Waals surface area contributed by atoms with Crippen molar-refractivity contribution in [1.29, 1.82) is 0 Å². The van der Waals surface area contributed by atoms with Crippen molar-refractivity contribution in [1.82, 2.24) is 19.8 Å². The van der Waals surface area contributed by atoms with Crippen molar-refractivity contribution in [3.8, 4) is 5.75 Å². The number of nitrogens with one attached hydrogen (secondary N) is 1. The Morgan fingerprint density at radius 3 is 2.69 bits per heavy atom. The van der Waals surface area contributed by atoms with E-state index in [9.17, 15) is 4.79 Å². The Morgan fingerprint density at radius 1 is 1.19 bits per heavy atom. The molecule has 1 aromatic heterocycles. The molecule has 2 aromatic rings. The Balaban J connectivity index is 1.49. The summed E-state index contributed by atoms with van der Waals surface area (Å²) < 4.78 is 5.63. The minimum atomic E-state index is -0.0568. The number of carbonyl (C=O) groups is 1. The van der Waals surface area contributed by atoms with E-state index in [1.54, 1.807) is 7.11 Å². The molecule has 1 aliphatic heterocycles. The summed E-state index contributed by atoms with van der Waals surface area (Å²) in [7, 11) is 7.64. The molecule has 1 atom stereocenters. The van der Waals surface area contributed by atoms with Crippen LogP contribution in [0.1, 0.15) is 59.9 Å². The quantitative estimate of drug-likeness (QED) is 0.683. The fraction of sp³-hybridized carbons (Fsp3) is 0.560. The molecule has 0 spiro atoms. The Hall–Kier alpha value is -2.67. The zero-order valence-corrected chi connectivity index (χ0v) is 19.8. The van der Waals surface area contributed by atoms with E-state index >= 15 is 0 Å². The summed E-state index contributed by atoms with van der Waals surface area (Å²) in [5, 5.41) is 3.14. The number of methoxy groups -OCH3 is 1. The summed E-state index contributed by atoms with van der Waals surface area (Å²) >= 11 is 0. The summed E-state index contributed by atoms with van der Waals surface area (Å²) in [6.07, 6.45) is 6.52. The fourth-order valence-corrected chi connectivity index (χ4v) is 4.96. The number of nitrogens with zero attached hydrogens (tertiary/aromatic N) is 4. The van der Waals surface area contributed by atoms with Crippen LogP contribution in [0.4, 0.5) is 5.82 Å². The Kier molecular flexibility index (Phi) is 6.94. The van der Waals surface area contributed by atoms with E-state index in [0.29, 0.717) is 12.8 Å². The zero-order valence-electron chi connectivity index (χ0n) is 19.8. The van der Waals surface area contributed by atoms with Crippen LogP contribution in [0.2, 0.25) is 0 Å². The van der Waals surface area contributed by atoms with Gasteiger partial charge in [0.1, 0.15) is 11.6 Å². The van der Waals surface area contributed by atoms with Gasteiger partial charge in [0.25, 0.3) is 0 Å². The highest BCUT2D eigenvalue weighted by Crippen LogP contribution is 2.33. The molecule has 2 aliphatic rings. The van der Waals surface area contributed by atoms with Crippen molar-refractivity contribution in [3.63, 3.8) is 0 Å². The molecule has 0 bridgehead atoms. The Labute approximate surface area is 191 Å². The highest BCUT2D eigenvalue weighted by Gasteiger charge is 2.32. The normalized spacial score (nSPS) is 17.7. The smallest absolute Gasteiger partial charge is 0.223 e. The standard InChI is InChI=1S/C25H35N5O2/c1-26-23-15-20(16-29(2)3)27-25(28-23)21-9-6-12-30(21)24(31)11-10-19-13-17-7-5-8-18(17)14-22(19)32-4/h13-15,21H,5-12,16H2,1-4H3,(H,26,27,28). The van der Waals surface area contributed by atoms with E-state index in [4.69, 9.17) is 14.7 Å². The number of ether oxygens (including phenoxy) is 1. The summed E-state index contributed by atoms with van der Waals surface area (Å²) in [6.45, 7) is 1.50. The minimum absolute atomic E-state index is 0.0568. The maximum atomic E-state index is 13.3. The van der Waals surface area contributed by atoms with Gasteiger partial charge in [-0.05, 0) is 75.4 Å². The van der Waals surface area contributed by atoms with Crippen molar-refractivity contribution < 1.29 is 9.53 Å². The van der Waals surface area contributed by atoms with Crippen LogP contribution in [0.25, 0.3) is 0 Å². The lowest BCUT2D eigenvalue weighted by Gasteiger charge is -2.25. The molecule has 4 rings (SSSR count). The van der Waals surface area contributed by atoms with Gasteiger partial charge in [-0.3, -0.25) is 4.79 Å². The van der Waals surface area contributed by atoms with Crippen LogP contribution in [-0.2, 0) is 30.6 Å². The average Bonchev–Trinajstić information content (AvgIpc) is 3.45. The first kappa shape index (κ1) is 22.5. The number of hydrogen-bond acceptors (Lipinski definition) is 6. The number of rotatable bonds is 8. The molecule has 0 radical (unpaired) electrons. The first-order chi connectivity index (χ1) is 15.5. The monoisotopic (exact) mass is 437 g/mol. The van der Waals surface area contributed by atoms with E-state index < -0.39 is 0 Å². The van der Waals surface area contributed by atoms with Crippen LogP contribution in [0.15, 0.2) is 18.2 Å². The average molecular weight is 438 g/mol. The van der Waals surface area contributed by atoms with Crippen LogP contribution < -0.4 is 10.1 Å². The van der Waals surface area contributed by atoms with Crippen molar-refractivity contribution in [2.75, 3.05) is 40.1 Å². The van der Waals surface area contributed by atoms with Gasteiger partial charge in [-0.2, -0.15) is 0 Å². The summed E-state index contributed by atoms with van der Waals surface area (Å²) in [5.74, 6) is 2.63. The number of likely N-dealkylation sites (tertiary alicyclic amines) is 1. The Bertz CT molecular complexity index is 975. The van der Waals surface area contributed by atoms with Gasteiger partial charge in [0.2, 0.25) is 5.91 Å². The second kappa shape index (κ2) is 9.86. The lowest BCUT2D eigenvalue weighted by molar-refractivity contribution is -0.132. The molecular weight excluding hydrogens is 402 g/mol. The molecule has 1 aliphatic carbocycles. The highest BCUT2D eigenvalue weighted by molar-refractivity contribution is 5.77. The minimum Gasteiger partial charge on any atom is -0.496 e. The van der Waals surface area contributed by atoms with Crippen molar-refractivity contribution in [3.05, 3.63) is 46.4 Å². The molecule has 2 heterocycles. The SMILES string of the molecule is CNc1cc(CN(C)C)nc(C2CCCN2C(=O)CCc2cc3c(cc2OC)CCC3)n1. The van der Waals surface area contributed by atoms with E-state index in [0.717, 1.165) is 67.4 Å². The van der Waals surface area contributed by atoms with Crippen LogP contribution in [-0.4, -0.2) is 60.5 Å². The van der Waals surface area contributed by atoms with Crippen molar-refractivity contribution in [2.45, 2.75) is 57.5 Å². The van der Waals surface area contributed by atoms with Gasteiger partial charge >= 0.3 is 0 Å². The molecule has 7 nitrogen and oxygen atoms in total. The lowest BCUT2D eigenvalue weighted by Crippen LogP contribution is -2.32. The molecule has 1 aromatic carbocycles. The van der Waals surface area contributed by atoms with Gasteiger partial charge in [0.05, 0.1) is 18.8 Å². The van der Waals surface area contributed by atoms with E-state index in [1.807, 2.05) is 32.1 Å². The number of hydrogen-bond donors (Lipinski definition) is 1. The van der Waals surface area contributed by atoms with Crippen LogP contribution >= 0.6 is 0 Å². The van der Waals surface area contributed by atoms with Gasteiger partial charge < -0.3 is 19.9 Å². The van der Waals surface area contributed by atoms with E-state index in [1.165, 1.54) is 17.5 Å². The molecule has 1 N–H and O–H groups in total. The molecule has 1 unspecified atom stereocenters. The number of fused-ring (bicyclic) bond motifs is 1. The molecule has 1 fully saturated rings. The largest absolute Gasteiger partial charge is 0.496 e. The lowest BCUT2D eigenvalue weighted by atomic mass is 10.0. The van der Waals surface area contributed by atoms with E-state index in [2.05, 4.69) is 22.3 Å². The molecular formula is C25H35N5O2. The van der Waals surface area contributed by atoms with Crippen LogP contribution in [0, 0.1) is 0 Å². The first-order valence-electron chi connectivity index (χ1n) is 11.7.